The van der Waals surface area contributed by atoms with Gasteiger partial charge in [-0.3, -0.25) is 9.59 Å². The minimum atomic E-state index is -0.531. The molecule has 0 aliphatic rings. The average Bonchev–Trinajstić information content (AvgIpc) is 3.26. The molecule has 0 spiro atoms. The van der Waals surface area contributed by atoms with Crippen LogP contribution in [-0.2, 0) is 16.1 Å². The molecule has 1 heterocycles. The lowest BCUT2D eigenvalue weighted by Gasteiger charge is -2.10. The molecule has 156 valence electrons. The van der Waals surface area contributed by atoms with Crippen LogP contribution in [0.2, 0.25) is 0 Å². The zero-order chi connectivity index (χ0) is 21.3. The topological polar surface area (TPSA) is 86.8 Å². The van der Waals surface area contributed by atoms with Crippen LogP contribution in [-0.4, -0.2) is 37.1 Å². The van der Waals surface area contributed by atoms with Crippen molar-refractivity contribution in [1.29, 1.82) is 0 Å². The first-order valence-electron chi connectivity index (χ1n) is 9.35. The molecular weight excluding hydrogens is 404 g/mol. The number of carbonyl (C=O) groups is 2. The molecular formula is C22H22N2O5S. The van der Waals surface area contributed by atoms with E-state index in [-0.39, 0.29) is 19.1 Å². The van der Waals surface area contributed by atoms with Crippen LogP contribution in [0.15, 0.2) is 53.9 Å². The Hall–Kier alpha value is -3.39. The number of nitrogens with zero attached hydrogens (tertiary/aromatic N) is 1. The minimum Gasteiger partial charge on any atom is -0.493 e. The van der Waals surface area contributed by atoms with Crippen LogP contribution in [0, 0.1) is 0 Å². The number of methoxy groups -OCH3 is 1. The molecule has 2 aromatic carbocycles. The van der Waals surface area contributed by atoms with Gasteiger partial charge in [-0.15, -0.1) is 11.3 Å². The molecule has 0 aliphatic heterocycles. The van der Waals surface area contributed by atoms with Crippen molar-refractivity contribution in [1.82, 2.24) is 10.3 Å². The normalized spacial score (nSPS) is 10.3. The third-order valence-corrected chi connectivity index (χ3v) is 5.01. The number of hydrogen-bond acceptors (Lipinski definition) is 7. The number of nitrogens with one attached hydrogen (secondary N) is 1. The summed E-state index contributed by atoms with van der Waals surface area (Å²) in [5.41, 5.74) is 2.00. The van der Waals surface area contributed by atoms with E-state index >= 15 is 0 Å². The fourth-order valence-electron chi connectivity index (χ4n) is 2.63. The second-order valence-corrected chi connectivity index (χ2v) is 7.01. The number of rotatable bonds is 9. The standard InChI is InChI=1S/C22H22N2O5S/c1-3-28-18-10-9-16(11-19(18)27-2)22-24-17(14-30-22)13-29-20(25)12-23-21(26)15-7-5-4-6-8-15/h4-11,14H,3,12-13H2,1-2H3,(H,23,26). The zero-order valence-corrected chi connectivity index (χ0v) is 17.5. The summed E-state index contributed by atoms with van der Waals surface area (Å²) in [5, 5.41) is 5.14. The molecule has 0 saturated carbocycles. The molecule has 30 heavy (non-hydrogen) atoms. The van der Waals surface area contributed by atoms with Gasteiger partial charge in [-0.2, -0.15) is 0 Å². The van der Waals surface area contributed by atoms with Crippen molar-refractivity contribution in [2.45, 2.75) is 13.5 Å². The maximum atomic E-state index is 12.0. The predicted octanol–water partition coefficient (Wildman–Crippen LogP) is 3.69. The molecule has 3 aromatic rings. The molecule has 0 aliphatic carbocycles. The van der Waals surface area contributed by atoms with Crippen molar-refractivity contribution >= 4 is 23.2 Å². The van der Waals surface area contributed by atoms with Crippen molar-refractivity contribution in [2.75, 3.05) is 20.3 Å². The number of esters is 1. The average molecular weight is 426 g/mol. The molecule has 1 amide bonds. The number of carbonyl (C=O) groups excluding carboxylic acids is 2. The number of hydrogen-bond donors (Lipinski definition) is 1. The van der Waals surface area contributed by atoms with Gasteiger partial charge in [0.2, 0.25) is 0 Å². The smallest absolute Gasteiger partial charge is 0.325 e. The van der Waals surface area contributed by atoms with E-state index in [9.17, 15) is 9.59 Å². The van der Waals surface area contributed by atoms with Crippen molar-refractivity contribution in [3.8, 4) is 22.1 Å². The first-order chi connectivity index (χ1) is 14.6. The van der Waals surface area contributed by atoms with Crippen LogP contribution >= 0.6 is 11.3 Å². The molecule has 0 fully saturated rings. The molecule has 1 aromatic heterocycles. The van der Waals surface area contributed by atoms with Gasteiger partial charge in [0.1, 0.15) is 18.2 Å². The highest BCUT2D eigenvalue weighted by Crippen LogP contribution is 2.33. The van der Waals surface area contributed by atoms with E-state index in [1.807, 2.05) is 36.6 Å². The number of benzene rings is 2. The van der Waals surface area contributed by atoms with Gasteiger partial charge in [0, 0.05) is 16.5 Å². The lowest BCUT2D eigenvalue weighted by atomic mass is 10.2. The number of ether oxygens (including phenoxy) is 3. The van der Waals surface area contributed by atoms with Crippen LogP contribution in [0.1, 0.15) is 23.0 Å². The quantitative estimate of drug-likeness (QED) is 0.525. The van der Waals surface area contributed by atoms with Crippen LogP contribution in [0.25, 0.3) is 10.6 Å². The highest BCUT2D eigenvalue weighted by Gasteiger charge is 2.12. The molecule has 3 rings (SSSR count). The van der Waals surface area contributed by atoms with Gasteiger partial charge in [-0.05, 0) is 37.3 Å². The van der Waals surface area contributed by atoms with Gasteiger partial charge in [0.05, 0.1) is 19.4 Å². The fraction of sp³-hybridized carbons (Fsp3) is 0.227. The zero-order valence-electron chi connectivity index (χ0n) is 16.7. The summed E-state index contributed by atoms with van der Waals surface area (Å²) in [4.78, 5) is 28.4. The molecule has 0 unspecified atom stereocenters. The summed E-state index contributed by atoms with van der Waals surface area (Å²) < 4.78 is 16.1. The van der Waals surface area contributed by atoms with E-state index in [0.29, 0.717) is 29.4 Å². The minimum absolute atomic E-state index is 0.0324. The summed E-state index contributed by atoms with van der Waals surface area (Å²) >= 11 is 1.44. The first-order valence-corrected chi connectivity index (χ1v) is 10.2. The third kappa shape index (κ3) is 5.57. The Labute approximate surface area is 178 Å². The van der Waals surface area contributed by atoms with E-state index in [1.54, 1.807) is 31.4 Å². The van der Waals surface area contributed by atoms with Crippen molar-refractivity contribution < 1.29 is 23.8 Å². The highest BCUT2D eigenvalue weighted by molar-refractivity contribution is 7.13. The number of thiazole rings is 1. The summed E-state index contributed by atoms with van der Waals surface area (Å²) in [6.45, 7) is 2.29. The molecule has 8 heteroatoms. The van der Waals surface area contributed by atoms with E-state index in [1.165, 1.54) is 11.3 Å². The van der Waals surface area contributed by atoms with E-state index in [2.05, 4.69) is 10.3 Å². The van der Waals surface area contributed by atoms with E-state index in [4.69, 9.17) is 14.2 Å². The first kappa shape index (κ1) is 21.3. The summed E-state index contributed by atoms with van der Waals surface area (Å²) in [6, 6.07) is 14.3. The fourth-order valence-corrected chi connectivity index (χ4v) is 3.43. The molecule has 0 atom stereocenters. The van der Waals surface area contributed by atoms with Crippen LogP contribution in [0.4, 0.5) is 0 Å². The maximum Gasteiger partial charge on any atom is 0.325 e. The Morgan fingerprint density at radius 1 is 1.10 bits per heavy atom. The van der Waals surface area contributed by atoms with Crippen molar-refractivity contribution in [2.24, 2.45) is 0 Å². The Morgan fingerprint density at radius 2 is 1.90 bits per heavy atom. The Kier molecular flexibility index (Phi) is 7.40. The van der Waals surface area contributed by atoms with Gasteiger partial charge in [-0.25, -0.2) is 4.98 Å². The lowest BCUT2D eigenvalue weighted by Crippen LogP contribution is -2.30. The monoisotopic (exact) mass is 426 g/mol. The molecule has 7 nitrogen and oxygen atoms in total. The van der Waals surface area contributed by atoms with Crippen LogP contribution in [0.5, 0.6) is 11.5 Å². The third-order valence-electron chi connectivity index (χ3n) is 4.07. The van der Waals surface area contributed by atoms with E-state index in [0.717, 1.165) is 10.6 Å². The maximum absolute atomic E-state index is 12.0. The van der Waals surface area contributed by atoms with Gasteiger partial charge in [-0.1, -0.05) is 18.2 Å². The predicted molar refractivity (Wildman–Crippen MR) is 114 cm³/mol. The van der Waals surface area contributed by atoms with Gasteiger partial charge >= 0.3 is 5.97 Å². The van der Waals surface area contributed by atoms with Crippen molar-refractivity contribution in [3.63, 3.8) is 0 Å². The van der Waals surface area contributed by atoms with Gasteiger partial charge in [0.15, 0.2) is 11.5 Å². The summed E-state index contributed by atoms with van der Waals surface area (Å²) in [7, 11) is 1.59. The van der Waals surface area contributed by atoms with E-state index < -0.39 is 5.97 Å². The molecule has 0 radical (unpaired) electrons. The Balaban J connectivity index is 1.53. The molecule has 1 N–H and O–H groups in total. The number of amides is 1. The second-order valence-electron chi connectivity index (χ2n) is 6.15. The lowest BCUT2D eigenvalue weighted by molar-refractivity contribution is -0.143. The van der Waals surface area contributed by atoms with Crippen LogP contribution in [0.3, 0.4) is 0 Å². The number of aromatic nitrogens is 1. The van der Waals surface area contributed by atoms with Gasteiger partial charge < -0.3 is 19.5 Å². The largest absolute Gasteiger partial charge is 0.493 e. The second kappa shape index (κ2) is 10.4. The summed E-state index contributed by atoms with van der Waals surface area (Å²) in [6.07, 6.45) is 0. The molecule has 0 bridgehead atoms. The van der Waals surface area contributed by atoms with Crippen molar-refractivity contribution in [3.05, 3.63) is 65.2 Å². The van der Waals surface area contributed by atoms with Gasteiger partial charge in [0.25, 0.3) is 5.91 Å². The summed E-state index contributed by atoms with van der Waals surface area (Å²) in [5.74, 6) is 0.447. The molecule has 0 saturated heterocycles. The van der Waals surface area contributed by atoms with Crippen LogP contribution < -0.4 is 14.8 Å². The highest BCUT2D eigenvalue weighted by atomic mass is 32.1. The Bertz CT molecular complexity index is 1000. The SMILES string of the molecule is CCOc1ccc(-c2nc(COC(=O)CNC(=O)c3ccccc3)cs2)cc1OC. The Morgan fingerprint density at radius 3 is 2.63 bits per heavy atom.